The van der Waals surface area contributed by atoms with Crippen LogP contribution in [0.2, 0.25) is 0 Å². The molecule has 2 aromatic carbocycles. The number of hydrogen-bond acceptors (Lipinski definition) is 2. The molecule has 2 N–H and O–H groups in total. The Morgan fingerprint density at radius 1 is 1.00 bits per heavy atom. The van der Waals surface area contributed by atoms with E-state index in [1.807, 2.05) is 24.3 Å². The highest BCUT2D eigenvalue weighted by molar-refractivity contribution is 5.94. The van der Waals surface area contributed by atoms with Gasteiger partial charge in [0.1, 0.15) is 11.3 Å². The van der Waals surface area contributed by atoms with E-state index in [0.717, 1.165) is 42.4 Å². The van der Waals surface area contributed by atoms with E-state index in [2.05, 4.69) is 46.8 Å². The summed E-state index contributed by atoms with van der Waals surface area (Å²) in [6.07, 6.45) is 4.21. The Morgan fingerprint density at radius 3 is 2.14 bits per heavy atom. The van der Waals surface area contributed by atoms with Crippen molar-refractivity contribution in [2.75, 3.05) is 0 Å². The highest BCUT2D eigenvalue weighted by atomic mass is 16.4. The summed E-state index contributed by atoms with van der Waals surface area (Å²) in [4.78, 5) is 12.0. The molecule has 0 aliphatic rings. The van der Waals surface area contributed by atoms with Crippen LogP contribution in [-0.2, 0) is 10.8 Å². The van der Waals surface area contributed by atoms with Gasteiger partial charge in [0.05, 0.1) is 0 Å². The van der Waals surface area contributed by atoms with Gasteiger partial charge in [-0.2, -0.15) is 0 Å². The minimum Gasteiger partial charge on any atom is -0.507 e. The predicted octanol–water partition coefficient (Wildman–Crippen LogP) is 6.58. The second-order valence-electron chi connectivity index (χ2n) is 8.96. The normalized spacial score (nSPS) is 12.2. The first-order chi connectivity index (χ1) is 13.0. The molecule has 0 radical (unpaired) electrons. The number of unbranched alkanes of at least 4 members (excludes halogenated alkanes) is 2. The lowest BCUT2D eigenvalue weighted by molar-refractivity contribution is 0.0692. The quantitative estimate of drug-likeness (QED) is 0.507. The van der Waals surface area contributed by atoms with Gasteiger partial charge in [0, 0.05) is 11.0 Å². The van der Waals surface area contributed by atoms with Gasteiger partial charge in [-0.05, 0) is 35.4 Å². The lowest BCUT2D eigenvalue weighted by atomic mass is 9.71. The van der Waals surface area contributed by atoms with Crippen LogP contribution in [0.4, 0.5) is 0 Å². The molecule has 0 bridgehead atoms. The smallest absolute Gasteiger partial charge is 0.339 e. The van der Waals surface area contributed by atoms with E-state index in [-0.39, 0.29) is 22.1 Å². The molecule has 0 amide bonds. The number of aromatic hydroxyl groups is 1. The molecule has 2 rings (SSSR count). The van der Waals surface area contributed by atoms with E-state index in [1.165, 1.54) is 0 Å². The fourth-order valence-corrected chi connectivity index (χ4v) is 4.16. The summed E-state index contributed by atoms with van der Waals surface area (Å²) < 4.78 is 0. The van der Waals surface area contributed by atoms with Gasteiger partial charge in [-0.3, -0.25) is 0 Å². The van der Waals surface area contributed by atoms with Gasteiger partial charge in [-0.25, -0.2) is 4.79 Å². The number of carboxylic acid groups (broad SMARTS) is 1. The number of benzene rings is 2. The van der Waals surface area contributed by atoms with Crippen molar-refractivity contribution in [2.45, 2.75) is 78.1 Å². The fraction of sp³-hybridized carbons (Fsp3) is 0.480. The van der Waals surface area contributed by atoms with Gasteiger partial charge in [0.15, 0.2) is 0 Å². The largest absolute Gasteiger partial charge is 0.507 e. The van der Waals surface area contributed by atoms with E-state index in [1.54, 1.807) is 6.92 Å². The number of hydrogen-bond donors (Lipinski definition) is 2. The molecule has 0 heterocycles. The molecule has 0 saturated carbocycles. The number of carbonyl (C=O) groups is 1. The summed E-state index contributed by atoms with van der Waals surface area (Å²) in [5.74, 6) is -1.16. The molecule has 0 saturated heterocycles. The van der Waals surface area contributed by atoms with Crippen LogP contribution in [0.3, 0.4) is 0 Å². The maximum atomic E-state index is 12.0. The average molecular weight is 383 g/mol. The van der Waals surface area contributed by atoms with Crippen molar-refractivity contribution in [1.82, 2.24) is 0 Å². The molecule has 152 valence electrons. The maximum absolute atomic E-state index is 12.0. The minimum absolute atomic E-state index is 0.0278. The summed E-state index contributed by atoms with van der Waals surface area (Å²) in [6, 6.07) is 12.2. The fourth-order valence-electron chi connectivity index (χ4n) is 4.16. The third-order valence-electron chi connectivity index (χ3n) is 6.08. The molecular weight excluding hydrogens is 348 g/mol. The summed E-state index contributed by atoms with van der Waals surface area (Å²) in [5, 5.41) is 20.8. The predicted molar refractivity (Wildman–Crippen MR) is 116 cm³/mol. The van der Waals surface area contributed by atoms with Crippen molar-refractivity contribution in [2.24, 2.45) is 0 Å². The topological polar surface area (TPSA) is 57.5 Å². The average Bonchev–Trinajstić information content (AvgIpc) is 2.62. The Labute approximate surface area is 169 Å². The van der Waals surface area contributed by atoms with Gasteiger partial charge in [0.25, 0.3) is 0 Å². The highest BCUT2D eigenvalue weighted by Gasteiger charge is 2.34. The van der Waals surface area contributed by atoms with Crippen molar-refractivity contribution in [3.63, 3.8) is 0 Å². The van der Waals surface area contributed by atoms with Crippen molar-refractivity contribution >= 4 is 5.97 Å². The van der Waals surface area contributed by atoms with E-state index >= 15 is 0 Å². The molecule has 0 aliphatic carbocycles. The second kappa shape index (κ2) is 8.38. The Morgan fingerprint density at radius 2 is 1.61 bits per heavy atom. The summed E-state index contributed by atoms with van der Waals surface area (Å²) in [5.41, 5.74) is 2.77. The number of phenols is 1. The Bertz CT molecular complexity index is 833. The zero-order valence-electron chi connectivity index (χ0n) is 18.1. The molecule has 0 spiro atoms. The summed E-state index contributed by atoms with van der Waals surface area (Å²) >= 11 is 0. The number of carboxylic acids is 1. The molecule has 0 atom stereocenters. The van der Waals surface area contributed by atoms with Gasteiger partial charge >= 0.3 is 5.97 Å². The second-order valence-corrected chi connectivity index (χ2v) is 8.96. The van der Waals surface area contributed by atoms with Crippen molar-refractivity contribution in [3.05, 3.63) is 64.2 Å². The maximum Gasteiger partial charge on any atom is 0.339 e. The molecule has 0 unspecified atom stereocenters. The highest BCUT2D eigenvalue weighted by Crippen LogP contribution is 2.44. The monoisotopic (exact) mass is 382 g/mol. The van der Waals surface area contributed by atoms with Crippen LogP contribution in [0.1, 0.15) is 92.9 Å². The first-order valence-electron chi connectivity index (χ1n) is 10.2. The standard InChI is InChI=1S/C25H34O3/c1-7-8-12-15-24(3,4)20-16-19(17(2)21(22(20)26)23(27)28)25(5,6)18-13-10-9-11-14-18/h9-11,13-14,16,26H,7-8,12,15H2,1-6H3,(H,27,28). The van der Waals surface area contributed by atoms with Crippen LogP contribution in [0.25, 0.3) is 0 Å². The van der Waals surface area contributed by atoms with Crippen LogP contribution >= 0.6 is 0 Å². The molecular formula is C25H34O3. The SMILES string of the molecule is CCCCCC(C)(C)c1cc(C(C)(C)c2ccccc2)c(C)c(C(=O)O)c1O. The first kappa shape index (κ1) is 22.0. The third-order valence-corrected chi connectivity index (χ3v) is 6.08. The molecule has 0 aromatic heterocycles. The molecule has 0 fully saturated rings. The Hall–Kier alpha value is -2.29. The lowest BCUT2D eigenvalue weighted by Crippen LogP contribution is -2.25. The summed E-state index contributed by atoms with van der Waals surface area (Å²) in [6.45, 7) is 12.4. The van der Waals surface area contributed by atoms with E-state index in [9.17, 15) is 15.0 Å². The molecule has 3 heteroatoms. The van der Waals surface area contributed by atoms with E-state index in [0.29, 0.717) is 5.56 Å². The third kappa shape index (κ3) is 4.24. The van der Waals surface area contributed by atoms with Gasteiger partial charge in [-0.15, -0.1) is 0 Å². The molecule has 0 aliphatic heterocycles. The lowest BCUT2D eigenvalue weighted by Gasteiger charge is -2.33. The van der Waals surface area contributed by atoms with Crippen LogP contribution in [-0.4, -0.2) is 16.2 Å². The zero-order chi connectivity index (χ0) is 21.1. The Balaban J connectivity index is 2.71. The van der Waals surface area contributed by atoms with Crippen molar-refractivity contribution < 1.29 is 15.0 Å². The van der Waals surface area contributed by atoms with Crippen LogP contribution in [0.15, 0.2) is 36.4 Å². The van der Waals surface area contributed by atoms with Crippen molar-refractivity contribution in [3.8, 4) is 5.75 Å². The van der Waals surface area contributed by atoms with Crippen LogP contribution in [0, 0.1) is 6.92 Å². The molecule has 2 aromatic rings. The minimum atomic E-state index is -1.08. The van der Waals surface area contributed by atoms with Crippen molar-refractivity contribution in [1.29, 1.82) is 0 Å². The van der Waals surface area contributed by atoms with Crippen LogP contribution in [0.5, 0.6) is 5.75 Å². The van der Waals surface area contributed by atoms with E-state index in [4.69, 9.17) is 0 Å². The number of aromatic carboxylic acids is 1. The van der Waals surface area contributed by atoms with Crippen LogP contribution < -0.4 is 0 Å². The Kier molecular flexibility index (Phi) is 6.59. The van der Waals surface area contributed by atoms with Gasteiger partial charge in [-0.1, -0.05) is 90.3 Å². The van der Waals surface area contributed by atoms with Gasteiger partial charge < -0.3 is 10.2 Å². The molecule has 28 heavy (non-hydrogen) atoms. The van der Waals surface area contributed by atoms with Gasteiger partial charge in [0.2, 0.25) is 0 Å². The first-order valence-corrected chi connectivity index (χ1v) is 10.2. The number of rotatable bonds is 8. The molecule has 3 nitrogen and oxygen atoms in total. The summed E-state index contributed by atoms with van der Waals surface area (Å²) in [7, 11) is 0. The van der Waals surface area contributed by atoms with E-state index < -0.39 is 5.97 Å². The zero-order valence-corrected chi connectivity index (χ0v) is 18.1.